The number of nitrogens with one attached hydrogen (secondary N) is 2. The van der Waals surface area contributed by atoms with Crippen molar-refractivity contribution < 1.29 is 18.8 Å². The van der Waals surface area contributed by atoms with E-state index in [1.807, 2.05) is 23.3 Å². The van der Waals surface area contributed by atoms with E-state index in [0.717, 1.165) is 42.4 Å². The van der Waals surface area contributed by atoms with Crippen LogP contribution in [0.25, 0.3) is 11.0 Å². The number of hydrogen-bond donors (Lipinski definition) is 2. The van der Waals surface area contributed by atoms with E-state index in [2.05, 4.69) is 27.1 Å². The van der Waals surface area contributed by atoms with Gasteiger partial charge in [-0.1, -0.05) is 30.1 Å². The molecule has 3 heterocycles. The van der Waals surface area contributed by atoms with Crippen molar-refractivity contribution in [2.24, 2.45) is 0 Å². The molecule has 2 saturated heterocycles. The lowest BCUT2D eigenvalue weighted by Crippen LogP contribution is -2.51. The molecule has 10 nitrogen and oxygen atoms in total. The van der Waals surface area contributed by atoms with Crippen LogP contribution in [-0.2, 0) is 16.1 Å². The van der Waals surface area contributed by atoms with E-state index < -0.39 is 5.91 Å². The van der Waals surface area contributed by atoms with Crippen LogP contribution >= 0.6 is 11.9 Å². The van der Waals surface area contributed by atoms with Crippen molar-refractivity contribution in [1.29, 1.82) is 0 Å². The molecule has 0 spiro atoms. The number of carbonyl (C=O) groups is 3. The van der Waals surface area contributed by atoms with Gasteiger partial charge in [-0.3, -0.25) is 19.2 Å². The highest BCUT2D eigenvalue weighted by Crippen LogP contribution is 2.25. The van der Waals surface area contributed by atoms with E-state index in [1.54, 1.807) is 23.1 Å². The van der Waals surface area contributed by atoms with Crippen molar-refractivity contribution in [3.05, 3.63) is 70.1 Å². The number of fused-ring (bicyclic) bond motifs is 1. The fourth-order valence-electron chi connectivity index (χ4n) is 5.19. The molecule has 2 aliphatic heterocycles. The summed E-state index contributed by atoms with van der Waals surface area (Å²) in [5, 5.41) is 2.96. The molecular formula is C29H33N5O5S. The van der Waals surface area contributed by atoms with Crippen molar-refractivity contribution in [2.75, 3.05) is 55.1 Å². The van der Waals surface area contributed by atoms with Crippen molar-refractivity contribution in [3.8, 4) is 0 Å². The number of benzene rings is 2. The van der Waals surface area contributed by atoms with Gasteiger partial charge in [0.2, 0.25) is 11.8 Å². The van der Waals surface area contributed by atoms with E-state index >= 15 is 0 Å². The number of carbonyl (C=O) groups excluding carboxylic acids is 3. The van der Waals surface area contributed by atoms with Gasteiger partial charge in [-0.05, 0) is 42.7 Å². The minimum Gasteiger partial charge on any atom is -0.451 e. The predicted molar refractivity (Wildman–Crippen MR) is 156 cm³/mol. The average molecular weight is 564 g/mol. The number of hydrogen-bond acceptors (Lipinski definition) is 8. The van der Waals surface area contributed by atoms with E-state index in [9.17, 15) is 19.2 Å². The summed E-state index contributed by atoms with van der Waals surface area (Å²) in [6.07, 6.45) is 4.49. The van der Waals surface area contributed by atoms with Gasteiger partial charge in [0, 0.05) is 69.4 Å². The second-order valence-electron chi connectivity index (χ2n) is 9.94. The smallest absolute Gasteiger partial charge is 0.287 e. The van der Waals surface area contributed by atoms with Crippen LogP contribution in [0.3, 0.4) is 0 Å². The summed E-state index contributed by atoms with van der Waals surface area (Å²) >= 11 is 1.41. The molecule has 40 heavy (non-hydrogen) atoms. The van der Waals surface area contributed by atoms with Gasteiger partial charge in [0.15, 0.2) is 11.2 Å². The van der Waals surface area contributed by atoms with Crippen LogP contribution in [0.2, 0.25) is 0 Å². The number of nitrogens with zero attached hydrogens (tertiary/aromatic N) is 3. The second kappa shape index (κ2) is 12.5. The molecule has 5 rings (SSSR count). The molecule has 3 amide bonds. The third-order valence-electron chi connectivity index (χ3n) is 7.32. The Morgan fingerprint density at radius 1 is 0.975 bits per heavy atom. The summed E-state index contributed by atoms with van der Waals surface area (Å²) < 4.78 is 8.71. The van der Waals surface area contributed by atoms with Crippen molar-refractivity contribution in [2.45, 2.75) is 25.8 Å². The highest BCUT2D eigenvalue weighted by molar-refractivity contribution is 7.99. The topological polar surface area (TPSA) is 115 Å². The Bertz CT molecular complexity index is 1470. The normalized spacial score (nSPS) is 15.8. The summed E-state index contributed by atoms with van der Waals surface area (Å²) in [6.45, 7) is 3.54. The molecule has 0 aliphatic carbocycles. The zero-order chi connectivity index (χ0) is 28.1. The van der Waals surface area contributed by atoms with E-state index in [0.29, 0.717) is 50.1 Å². The molecule has 2 N–H and O–H groups in total. The average Bonchev–Trinajstić information content (AvgIpc) is 2.97. The third kappa shape index (κ3) is 6.25. The maximum absolute atomic E-state index is 12.9. The van der Waals surface area contributed by atoms with Gasteiger partial charge in [0.1, 0.15) is 5.58 Å². The van der Waals surface area contributed by atoms with E-state index in [-0.39, 0.29) is 29.5 Å². The minimum atomic E-state index is -0.613. The Balaban J connectivity index is 1.15. The molecule has 2 fully saturated rings. The first-order valence-corrected chi connectivity index (χ1v) is 14.7. The molecule has 3 aromatic rings. The van der Waals surface area contributed by atoms with Crippen molar-refractivity contribution >= 4 is 52.0 Å². The first-order valence-electron chi connectivity index (χ1n) is 13.5. The predicted octanol–water partition coefficient (Wildman–Crippen LogP) is 3.07. The number of para-hydroxylation sites is 1. The standard InChI is InChI=1S/C29H33N5O5S/c1-40-31-21-9-10-25-22(16-21)24(35)17-26(39-25)29(38)30-18-28(37)33-14-12-32(13-15-33)23-7-3-2-6-20(23)19-34-11-5-4-8-27(34)36/h2-3,6-7,9-10,16-17,31H,4-5,8,11-15,18-19H2,1H3,(H,30,38). The molecule has 210 valence electrons. The number of anilines is 2. The molecule has 0 saturated carbocycles. The lowest BCUT2D eigenvalue weighted by atomic mass is 10.1. The Kier molecular flexibility index (Phi) is 8.59. The van der Waals surface area contributed by atoms with Gasteiger partial charge < -0.3 is 29.2 Å². The molecule has 0 atom stereocenters. The van der Waals surface area contributed by atoms with Crippen LogP contribution in [0.5, 0.6) is 0 Å². The van der Waals surface area contributed by atoms with Crippen LogP contribution in [0.1, 0.15) is 35.4 Å². The zero-order valence-electron chi connectivity index (χ0n) is 22.5. The van der Waals surface area contributed by atoms with Gasteiger partial charge in [-0.2, -0.15) is 0 Å². The summed E-state index contributed by atoms with van der Waals surface area (Å²) in [5.74, 6) is -0.738. The zero-order valence-corrected chi connectivity index (χ0v) is 23.3. The molecule has 2 aliphatic rings. The lowest BCUT2D eigenvalue weighted by Gasteiger charge is -2.37. The fraction of sp³-hybridized carbons (Fsp3) is 0.379. The third-order valence-corrected chi connectivity index (χ3v) is 7.76. The molecule has 1 aromatic heterocycles. The van der Waals surface area contributed by atoms with Gasteiger partial charge >= 0.3 is 0 Å². The molecule has 11 heteroatoms. The van der Waals surface area contributed by atoms with Crippen LogP contribution in [-0.4, -0.2) is 73.0 Å². The van der Waals surface area contributed by atoms with Crippen LogP contribution in [0.4, 0.5) is 11.4 Å². The number of likely N-dealkylation sites (tertiary alicyclic amines) is 1. The summed E-state index contributed by atoms with van der Waals surface area (Å²) in [7, 11) is 0. The molecular weight excluding hydrogens is 530 g/mol. The lowest BCUT2D eigenvalue weighted by molar-refractivity contribution is -0.134. The second-order valence-corrected chi connectivity index (χ2v) is 10.6. The number of piperidine rings is 1. The monoisotopic (exact) mass is 563 g/mol. The Hall–Kier alpha value is -3.99. The highest BCUT2D eigenvalue weighted by Gasteiger charge is 2.25. The van der Waals surface area contributed by atoms with Crippen LogP contribution < -0.4 is 20.4 Å². The SMILES string of the molecule is CSNc1ccc2oc(C(=O)NCC(=O)N3CCN(c4ccccc4CN4CCCCC4=O)CC3)cc(=O)c2c1. The first-order chi connectivity index (χ1) is 19.4. The number of amides is 3. The van der Waals surface area contributed by atoms with Gasteiger partial charge in [0.25, 0.3) is 5.91 Å². The van der Waals surface area contributed by atoms with E-state index in [1.165, 1.54) is 11.9 Å². The largest absolute Gasteiger partial charge is 0.451 e. The maximum Gasteiger partial charge on any atom is 0.287 e. The minimum absolute atomic E-state index is 0.135. The van der Waals surface area contributed by atoms with Crippen molar-refractivity contribution in [1.82, 2.24) is 15.1 Å². The fourth-order valence-corrected chi connectivity index (χ4v) is 5.55. The van der Waals surface area contributed by atoms with Gasteiger partial charge in [-0.25, -0.2) is 0 Å². The number of rotatable bonds is 8. The van der Waals surface area contributed by atoms with Crippen molar-refractivity contribution in [3.63, 3.8) is 0 Å². The Labute approximate surface area is 236 Å². The quantitative estimate of drug-likeness (QED) is 0.402. The molecule has 0 radical (unpaired) electrons. The van der Waals surface area contributed by atoms with Gasteiger partial charge in [0.05, 0.1) is 11.9 Å². The molecule has 0 bridgehead atoms. The number of piperazine rings is 1. The Morgan fingerprint density at radius 3 is 2.55 bits per heavy atom. The van der Waals surface area contributed by atoms with E-state index in [4.69, 9.17) is 4.42 Å². The summed E-state index contributed by atoms with van der Waals surface area (Å²) in [6, 6.07) is 14.3. The highest BCUT2D eigenvalue weighted by atomic mass is 32.2. The summed E-state index contributed by atoms with van der Waals surface area (Å²) in [4.78, 5) is 56.4. The van der Waals surface area contributed by atoms with Crippen LogP contribution in [0, 0.1) is 0 Å². The van der Waals surface area contributed by atoms with Gasteiger partial charge in [-0.15, -0.1) is 0 Å². The Morgan fingerprint density at radius 2 is 1.77 bits per heavy atom. The summed E-state index contributed by atoms with van der Waals surface area (Å²) in [5.41, 5.74) is 2.93. The first kappa shape index (κ1) is 27.6. The molecule has 2 aromatic carbocycles. The molecule has 0 unspecified atom stereocenters. The maximum atomic E-state index is 12.9. The van der Waals surface area contributed by atoms with Crippen LogP contribution in [0.15, 0.2) is 57.7 Å².